The summed E-state index contributed by atoms with van der Waals surface area (Å²) in [5.74, 6) is -3.57. The Bertz CT molecular complexity index is 1210. The van der Waals surface area contributed by atoms with Crippen LogP contribution < -0.4 is 10.1 Å². The number of anilines is 1. The molecule has 0 amide bonds. The van der Waals surface area contributed by atoms with Crippen LogP contribution in [-0.2, 0) is 12.8 Å². The van der Waals surface area contributed by atoms with Gasteiger partial charge in [0.15, 0.2) is 17.2 Å². The zero-order chi connectivity index (χ0) is 21.8. The molecule has 1 N–H and O–H groups in total. The number of hydrogen-bond acceptors (Lipinski definition) is 7. The van der Waals surface area contributed by atoms with E-state index in [1.807, 2.05) is 0 Å². The van der Waals surface area contributed by atoms with Crippen molar-refractivity contribution in [2.24, 2.45) is 0 Å². The topological polar surface area (TPSA) is 85.7 Å². The first kappa shape index (κ1) is 20.5. The fourth-order valence-electron chi connectivity index (χ4n) is 3.03. The van der Waals surface area contributed by atoms with Crippen LogP contribution in [0.4, 0.5) is 19.0 Å². The predicted molar refractivity (Wildman–Crippen MR) is 107 cm³/mol. The van der Waals surface area contributed by atoms with E-state index in [1.54, 1.807) is 43.6 Å². The Hall–Kier alpha value is -3.82. The highest BCUT2D eigenvalue weighted by Gasteiger charge is 2.21. The number of nitrogens with zero attached hydrogens (tertiary/aromatic N) is 5. The van der Waals surface area contributed by atoms with E-state index >= 15 is 0 Å². The molecule has 0 spiro atoms. The molecule has 0 aliphatic heterocycles. The van der Waals surface area contributed by atoms with Crippen LogP contribution >= 0.6 is 0 Å². The minimum atomic E-state index is -1.53. The van der Waals surface area contributed by atoms with Crippen molar-refractivity contribution in [2.75, 3.05) is 11.9 Å². The number of rotatable bonds is 7. The van der Waals surface area contributed by atoms with Gasteiger partial charge >= 0.3 is 0 Å². The lowest BCUT2D eigenvalue weighted by molar-refractivity contribution is 0.379. The Morgan fingerprint density at radius 1 is 0.935 bits per heavy atom. The van der Waals surface area contributed by atoms with Gasteiger partial charge in [0.05, 0.1) is 5.56 Å². The van der Waals surface area contributed by atoms with E-state index in [1.165, 1.54) is 6.33 Å². The highest BCUT2D eigenvalue weighted by Crippen LogP contribution is 2.31. The summed E-state index contributed by atoms with van der Waals surface area (Å²) in [5, 5.41) is 3.20. The summed E-state index contributed by atoms with van der Waals surface area (Å²) >= 11 is 0. The van der Waals surface area contributed by atoms with Gasteiger partial charge in [-0.2, -0.15) is 18.2 Å². The van der Waals surface area contributed by atoms with Crippen molar-refractivity contribution in [1.82, 2.24) is 24.9 Å². The lowest BCUT2D eigenvalue weighted by Crippen LogP contribution is -2.08. The largest absolute Gasteiger partial charge is 0.454 e. The van der Waals surface area contributed by atoms with Gasteiger partial charge in [0.1, 0.15) is 17.6 Å². The highest BCUT2D eigenvalue weighted by molar-refractivity contribution is 5.81. The molecule has 0 saturated carbocycles. The molecule has 3 heterocycles. The summed E-state index contributed by atoms with van der Waals surface area (Å²) in [6.45, 7) is 2.17. The highest BCUT2D eigenvalue weighted by atomic mass is 19.2. The first-order valence-corrected chi connectivity index (χ1v) is 9.52. The summed E-state index contributed by atoms with van der Waals surface area (Å²) in [5.41, 5.74) is 1.93. The van der Waals surface area contributed by atoms with Crippen LogP contribution in [0, 0.1) is 17.7 Å². The van der Waals surface area contributed by atoms with Crippen molar-refractivity contribution in [2.45, 2.75) is 19.8 Å². The lowest BCUT2D eigenvalue weighted by atomic mass is 10.1. The maximum absolute atomic E-state index is 14.1. The molecule has 31 heavy (non-hydrogen) atoms. The maximum Gasteiger partial charge on any atom is 0.255 e. The predicted octanol–water partition coefficient (Wildman–Crippen LogP) is 4.24. The number of ether oxygens (including phenoxy) is 1. The van der Waals surface area contributed by atoms with Crippen molar-refractivity contribution in [3.8, 4) is 11.5 Å². The summed E-state index contributed by atoms with van der Waals surface area (Å²) in [4.78, 5) is 19.6. The standard InChI is InChI=1S/C21H17F3N6O/c1-2-14-17(15(22)19(24)30-18(14)23)31-13-5-3-12(4-6-13)7-8-26-20-16-21(29-11-28-20)27-10-9-25-16/h3-6,9-11H,2,7-8H2,1H3,(H,26,27,28,29). The Labute approximate surface area is 175 Å². The molecule has 10 heteroatoms. The summed E-state index contributed by atoms with van der Waals surface area (Å²) in [6.07, 6.45) is 5.31. The molecule has 4 aromatic rings. The van der Waals surface area contributed by atoms with Gasteiger partial charge in [0, 0.05) is 18.9 Å². The van der Waals surface area contributed by atoms with E-state index in [9.17, 15) is 13.2 Å². The summed E-state index contributed by atoms with van der Waals surface area (Å²) < 4.78 is 46.8. The molecule has 0 radical (unpaired) electrons. The van der Waals surface area contributed by atoms with Crippen molar-refractivity contribution in [1.29, 1.82) is 0 Å². The van der Waals surface area contributed by atoms with Gasteiger partial charge in [-0.3, -0.25) is 0 Å². The molecule has 0 saturated heterocycles. The first-order valence-electron chi connectivity index (χ1n) is 9.52. The number of halogens is 3. The molecule has 0 fully saturated rings. The Morgan fingerprint density at radius 2 is 1.71 bits per heavy atom. The molecule has 0 bridgehead atoms. The number of pyridine rings is 1. The SMILES string of the molecule is CCc1c(F)nc(F)c(F)c1Oc1ccc(CCNc2ncnc3nccnc23)cc1. The molecule has 0 unspecified atom stereocenters. The normalized spacial score (nSPS) is 11.0. The average molecular weight is 426 g/mol. The molecule has 0 aliphatic rings. The summed E-state index contributed by atoms with van der Waals surface area (Å²) in [6, 6.07) is 6.78. The van der Waals surface area contributed by atoms with Crippen LogP contribution in [-0.4, -0.2) is 31.5 Å². The van der Waals surface area contributed by atoms with Crippen molar-refractivity contribution in [3.63, 3.8) is 0 Å². The average Bonchev–Trinajstić information content (AvgIpc) is 2.79. The molecular weight excluding hydrogens is 409 g/mol. The number of nitrogens with one attached hydrogen (secondary N) is 1. The zero-order valence-corrected chi connectivity index (χ0v) is 16.4. The van der Waals surface area contributed by atoms with Crippen LogP contribution in [0.25, 0.3) is 11.2 Å². The van der Waals surface area contributed by atoms with Crippen molar-refractivity contribution in [3.05, 3.63) is 71.8 Å². The van der Waals surface area contributed by atoms with Gasteiger partial charge in [-0.15, -0.1) is 0 Å². The van der Waals surface area contributed by atoms with Gasteiger partial charge in [-0.25, -0.2) is 19.9 Å². The Kier molecular flexibility index (Phi) is 5.87. The fraction of sp³-hybridized carbons (Fsp3) is 0.190. The van der Waals surface area contributed by atoms with Gasteiger partial charge in [-0.1, -0.05) is 19.1 Å². The van der Waals surface area contributed by atoms with Crippen LogP contribution in [0.1, 0.15) is 18.1 Å². The maximum atomic E-state index is 14.1. The third-order valence-corrected chi connectivity index (χ3v) is 4.57. The molecule has 0 atom stereocenters. The molecular formula is C21H17F3N6O. The number of benzene rings is 1. The second kappa shape index (κ2) is 8.90. The molecule has 158 valence electrons. The van der Waals surface area contributed by atoms with E-state index < -0.39 is 23.5 Å². The quantitative estimate of drug-likeness (QED) is 0.443. The molecule has 4 rings (SSSR count). The zero-order valence-electron chi connectivity index (χ0n) is 16.4. The van der Waals surface area contributed by atoms with Crippen molar-refractivity contribution < 1.29 is 17.9 Å². The van der Waals surface area contributed by atoms with E-state index in [4.69, 9.17) is 4.74 Å². The molecule has 7 nitrogen and oxygen atoms in total. The van der Waals surface area contributed by atoms with Crippen LogP contribution in [0.5, 0.6) is 11.5 Å². The second-order valence-corrected chi connectivity index (χ2v) is 6.54. The van der Waals surface area contributed by atoms with Gasteiger partial charge in [0.25, 0.3) is 5.95 Å². The molecule has 3 aromatic heterocycles. The van der Waals surface area contributed by atoms with E-state index in [0.717, 1.165) is 5.56 Å². The van der Waals surface area contributed by atoms with Gasteiger partial charge < -0.3 is 10.1 Å². The first-order chi connectivity index (χ1) is 15.1. The second-order valence-electron chi connectivity index (χ2n) is 6.54. The monoisotopic (exact) mass is 426 g/mol. The third kappa shape index (κ3) is 4.37. The summed E-state index contributed by atoms with van der Waals surface area (Å²) in [7, 11) is 0. The minimum Gasteiger partial charge on any atom is -0.454 e. The minimum absolute atomic E-state index is 0.108. The molecule has 1 aromatic carbocycles. The smallest absolute Gasteiger partial charge is 0.255 e. The van der Waals surface area contributed by atoms with Crippen LogP contribution in [0.2, 0.25) is 0 Å². The third-order valence-electron chi connectivity index (χ3n) is 4.57. The fourth-order valence-corrected chi connectivity index (χ4v) is 3.03. The number of hydrogen-bond donors (Lipinski definition) is 1. The van der Waals surface area contributed by atoms with Crippen LogP contribution in [0.3, 0.4) is 0 Å². The van der Waals surface area contributed by atoms with Crippen LogP contribution in [0.15, 0.2) is 43.0 Å². The van der Waals surface area contributed by atoms with Gasteiger partial charge in [0.2, 0.25) is 11.8 Å². The Morgan fingerprint density at radius 3 is 2.48 bits per heavy atom. The molecule has 0 aliphatic carbocycles. The van der Waals surface area contributed by atoms with E-state index in [2.05, 4.69) is 30.2 Å². The lowest BCUT2D eigenvalue weighted by Gasteiger charge is -2.12. The van der Waals surface area contributed by atoms with Crippen molar-refractivity contribution >= 4 is 17.0 Å². The van der Waals surface area contributed by atoms with E-state index in [-0.39, 0.29) is 17.7 Å². The van der Waals surface area contributed by atoms with Gasteiger partial charge in [-0.05, 0) is 30.5 Å². The number of aromatic nitrogens is 5. The number of fused-ring (bicyclic) bond motifs is 1. The van der Waals surface area contributed by atoms with E-state index in [0.29, 0.717) is 29.9 Å². The Balaban J connectivity index is 1.42.